The molecule has 0 bridgehead atoms. The van der Waals surface area contributed by atoms with Crippen molar-refractivity contribution in [1.82, 2.24) is 4.90 Å². The Labute approximate surface area is 90.8 Å². The minimum Gasteiger partial charge on any atom is -0.383 e. The van der Waals surface area contributed by atoms with Gasteiger partial charge in [-0.25, -0.2) is 0 Å². The first kappa shape index (κ1) is 12.2. The van der Waals surface area contributed by atoms with Gasteiger partial charge in [0.05, 0.1) is 18.7 Å². The summed E-state index contributed by atoms with van der Waals surface area (Å²) in [4.78, 5) is 13.7. The van der Waals surface area contributed by atoms with Crippen LogP contribution in [0.15, 0.2) is 0 Å². The number of hydrogen-bond acceptors (Lipinski definition) is 4. The van der Waals surface area contributed by atoms with E-state index in [1.807, 2.05) is 0 Å². The summed E-state index contributed by atoms with van der Waals surface area (Å²) in [6.07, 6.45) is 3.10. The molecule has 0 N–H and O–H groups in total. The Balaban J connectivity index is 2.46. The van der Waals surface area contributed by atoms with Gasteiger partial charge in [0.15, 0.2) is 0 Å². The van der Waals surface area contributed by atoms with Crippen LogP contribution in [0.2, 0.25) is 0 Å². The van der Waals surface area contributed by atoms with Gasteiger partial charge in [-0.1, -0.05) is 0 Å². The molecule has 1 saturated carbocycles. The zero-order valence-corrected chi connectivity index (χ0v) is 9.24. The van der Waals surface area contributed by atoms with Crippen molar-refractivity contribution >= 4 is 5.78 Å². The Morgan fingerprint density at radius 3 is 2.93 bits per heavy atom. The van der Waals surface area contributed by atoms with Crippen molar-refractivity contribution in [3.8, 4) is 6.07 Å². The maximum absolute atomic E-state index is 11.6. The van der Waals surface area contributed by atoms with Gasteiger partial charge in [0.1, 0.15) is 5.78 Å². The molecule has 1 fully saturated rings. The lowest BCUT2D eigenvalue weighted by Crippen LogP contribution is -2.40. The van der Waals surface area contributed by atoms with Gasteiger partial charge in [-0.3, -0.25) is 9.69 Å². The summed E-state index contributed by atoms with van der Waals surface area (Å²) in [6.45, 7) is 2.04. The molecule has 0 aromatic carbocycles. The van der Waals surface area contributed by atoms with E-state index in [2.05, 4.69) is 11.0 Å². The highest BCUT2D eigenvalue weighted by molar-refractivity contribution is 5.85. The van der Waals surface area contributed by atoms with Crippen molar-refractivity contribution in [3.63, 3.8) is 0 Å². The number of carbonyl (C=O) groups is 1. The number of nitrogens with zero attached hydrogens (tertiary/aromatic N) is 2. The highest BCUT2D eigenvalue weighted by Crippen LogP contribution is 2.20. The molecule has 1 aliphatic carbocycles. The average Bonchev–Trinajstić information content (AvgIpc) is 2.65. The van der Waals surface area contributed by atoms with Gasteiger partial charge in [-0.15, -0.1) is 0 Å². The summed E-state index contributed by atoms with van der Waals surface area (Å²) in [5.41, 5.74) is 0. The molecular weight excluding hydrogens is 192 g/mol. The molecule has 4 heteroatoms. The minimum atomic E-state index is 0.0356. The summed E-state index contributed by atoms with van der Waals surface area (Å²) in [7, 11) is 1.65. The van der Waals surface area contributed by atoms with E-state index in [1.165, 1.54) is 0 Å². The normalized spacial score (nSPS) is 20.9. The second kappa shape index (κ2) is 6.54. The topological polar surface area (TPSA) is 53.3 Å². The molecule has 0 amide bonds. The Hall–Kier alpha value is -0.920. The number of methoxy groups -OCH3 is 1. The number of rotatable bonds is 6. The van der Waals surface area contributed by atoms with Crippen LogP contribution in [-0.4, -0.2) is 43.5 Å². The fraction of sp³-hybridized carbons (Fsp3) is 0.818. The summed E-state index contributed by atoms with van der Waals surface area (Å²) in [5.74, 6) is 0.323. The zero-order valence-electron chi connectivity index (χ0n) is 9.24. The Bertz CT molecular complexity index is 247. The van der Waals surface area contributed by atoms with Crippen molar-refractivity contribution in [2.45, 2.75) is 31.7 Å². The monoisotopic (exact) mass is 210 g/mol. The van der Waals surface area contributed by atoms with E-state index < -0.39 is 0 Å². The standard InChI is InChI=1S/C11H18N2O2/c1-15-9-8-13(7-3-6-12)10-4-2-5-11(10)14/h10H,2-5,7-9H2,1H3. The predicted molar refractivity (Wildman–Crippen MR) is 56.3 cm³/mol. The molecule has 0 spiro atoms. The lowest BCUT2D eigenvalue weighted by atomic mass is 10.2. The second-order valence-corrected chi connectivity index (χ2v) is 3.81. The molecule has 1 unspecified atom stereocenters. The van der Waals surface area contributed by atoms with Gasteiger partial charge >= 0.3 is 0 Å². The number of Topliss-reactive ketones (excluding diaryl/α,β-unsaturated/α-hetero) is 1. The molecule has 0 saturated heterocycles. The SMILES string of the molecule is COCCN(CCC#N)C1CCCC1=O. The predicted octanol–water partition coefficient (Wildman–Crippen LogP) is 0.970. The van der Waals surface area contributed by atoms with Gasteiger partial charge in [-0.05, 0) is 12.8 Å². The largest absolute Gasteiger partial charge is 0.383 e. The van der Waals surface area contributed by atoms with Crippen LogP contribution < -0.4 is 0 Å². The number of nitriles is 1. The van der Waals surface area contributed by atoms with Gasteiger partial charge in [0.25, 0.3) is 0 Å². The molecule has 1 atom stereocenters. The lowest BCUT2D eigenvalue weighted by molar-refractivity contribution is -0.122. The van der Waals surface area contributed by atoms with Gasteiger partial charge in [0, 0.05) is 33.0 Å². The first-order chi connectivity index (χ1) is 7.29. The first-order valence-electron chi connectivity index (χ1n) is 5.42. The molecule has 0 aromatic rings. The summed E-state index contributed by atoms with van der Waals surface area (Å²) < 4.78 is 5.01. The van der Waals surface area contributed by atoms with Crippen molar-refractivity contribution in [3.05, 3.63) is 0 Å². The molecule has 0 aromatic heterocycles. The fourth-order valence-electron chi connectivity index (χ4n) is 2.01. The first-order valence-corrected chi connectivity index (χ1v) is 5.42. The van der Waals surface area contributed by atoms with E-state index >= 15 is 0 Å². The number of carbonyl (C=O) groups excluding carboxylic acids is 1. The molecule has 1 aliphatic rings. The third kappa shape index (κ3) is 3.61. The van der Waals surface area contributed by atoms with Crippen LogP contribution in [0.4, 0.5) is 0 Å². The van der Waals surface area contributed by atoms with Gasteiger partial charge in [-0.2, -0.15) is 5.26 Å². The molecule has 4 nitrogen and oxygen atoms in total. The lowest BCUT2D eigenvalue weighted by Gasteiger charge is -2.26. The Morgan fingerprint density at radius 2 is 2.40 bits per heavy atom. The third-order valence-electron chi connectivity index (χ3n) is 2.81. The van der Waals surface area contributed by atoms with Crippen LogP contribution in [0, 0.1) is 11.3 Å². The van der Waals surface area contributed by atoms with Gasteiger partial charge < -0.3 is 4.74 Å². The van der Waals surface area contributed by atoms with Gasteiger partial charge in [0.2, 0.25) is 0 Å². The summed E-state index contributed by atoms with van der Waals surface area (Å²) in [6, 6.07) is 2.15. The zero-order chi connectivity index (χ0) is 11.1. The van der Waals surface area contributed by atoms with E-state index in [4.69, 9.17) is 10.00 Å². The molecule has 84 valence electrons. The third-order valence-corrected chi connectivity index (χ3v) is 2.81. The van der Waals surface area contributed by atoms with Crippen molar-refractivity contribution in [1.29, 1.82) is 5.26 Å². The summed E-state index contributed by atoms with van der Waals surface area (Å²) >= 11 is 0. The van der Waals surface area contributed by atoms with Crippen LogP contribution in [-0.2, 0) is 9.53 Å². The van der Waals surface area contributed by atoms with Crippen LogP contribution >= 0.6 is 0 Å². The van der Waals surface area contributed by atoms with Crippen LogP contribution in [0.25, 0.3) is 0 Å². The fourth-order valence-corrected chi connectivity index (χ4v) is 2.01. The van der Waals surface area contributed by atoms with Crippen molar-refractivity contribution in [2.24, 2.45) is 0 Å². The molecule has 1 rings (SSSR count). The van der Waals surface area contributed by atoms with E-state index in [9.17, 15) is 4.79 Å². The van der Waals surface area contributed by atoms with E-state index in [0.717, 1.165) is 19.4 Å². The van der Waals surface area contributed by atoms with Crippen LogP contribution in [0.5, 0.6) is 0 Å². The average molecular weight is 210 g/mol. The highest BCUT2D eigenvalue weighted by Gasteiger charge is 2.29. The number of hydrogen-bond donors (Lipinski definition) is 0. The van der Waals surface area contributed by atoms with Crippen LogP contribution in [0.3, 0.4) is 0 Å². The maximum Gasteiger partial charge on any atom is 0.149 e. The Kier molecular flexibility index (Phi) is 5.30. The molecule has 0 aliphatic heterocycles. The Morgan fingerprint density at radius 1 is 1.60 bits per heavy atom. The molecule has 0 heterocycles. The molecular formula is C11H18N2O2. The quantitative estimate of drug-likeness (QED) is 0.655. The van der Waals surface area contributed by atoms with Crippen LogP contribution in [0.1, 0.15) is 25.7 Å². The minimum absolute atomic E-state index is 0.0356. The molecule has 0 radical (unpaired) electrons. The van der Waals surface area contributed by atoms with Crippen molar-refractivity contribution < 1.29 is 9.53 Å². The molecule has 15 heavy (non-hydrogen) atoms. The number of ketones is 1. The smallest absolute Gasteiger partial charge is 0.149 e. The highest BCUT2D eigenvalue weighted by atomic mass is 16.5. The van der Waals surface area contributed by atoms with E-state index in [1.54, 1.807) is 7.11 Å². The second-order valence-electron chi connectivity index (χ2n) is 3.81. The van der Waals surface area contributed by atoms with Crippen molar-refractivity contribution in [2.75, 3.05) is 26.8 Å². The maximum atomic E-state index is 11.6. The number of ether oxygens (including phenoxy) is 1. The van der Waals surface area contributed by atoms with E-state index in [-0.39, 0.29) is 6.04 Å². The van der Waals surface area contributed by atoms with E-state index in [0.29, 0.717) is 31.8 Å². The summed E-state index contributed by atoms with van der Waals surface area (Å²) in [5, 5.41) is 8.56.